The first-order valence-electron chi connectivity index (χ1n) is 5.26. The maximum Gasteiger partial charge on any atom is 0.274 e. The summed E-state index contributed by atoms with van der Waals surface area (Å²) in [4.78, 5) is 15.8. The lowest BCUT2D eigenvalue weighted by Crippen LogP contribution is -2.28. The highest BCUT2D eigenvalue weighted by Crippen LogP contribution is 2.02. The van der Waals surface area contributed by atoms with E-state index < -0.39 is 4.92 Å². The molecule has 1 aromatic rings. The monoisotopic (exact) mass is 236 g/mol. The van der Waals surface area contributed by atoms with Crippen LogP contribution in [0.25, 0.3) is 0 Å². The molecular formula is C11H16N4O2. The molecule has 0 saturated carbocycles. The van der Waals surface area contributed by atoms with Crippen LogP contribution in [0.1, 0.15) is 5.56 Å². The van der Waals surface area contributed by atoms with Crippen LogP contribution >= 0.6 is 0 Å². The lowest BCUT2D eigenvalue weighted by Gasteiger charge is -2.19. The van der Waals surface area contributed by atoms with Crippen LogP contribution in [0, 0.1) is 10.1 Å². The maximum atomic E-state index is 10.4. The summed E-state index contributed by atoms with van der Waals surface area (Å²) in [5.41, 5.74) is 1.11. The predicted octanol–water partition coefficient (Wildman–Crippen LogP) is 0.851. The van der Waals surface area contributed by atoms with Gasteiger partial charge in [0.1, 0.15) is 0 Å². The molecule has 0 aliphatic carbocycles. The number of likely N-dealkylation sites (N-methyl/N-ethyl adjacent to an activating group) is 1. The third-order valence-electron chi connectivity index (χ3n) is 2.35. The van der Waals surface area contributed by atoms with Crippen molar-refractivity contribution in [1.82, 2.24) is 15.2 Å². The van der Waals surface area contributed by atoms with Crippen molar-refractivity contribution in [3.63, 3.8) is 0 Å². The Hall–Kier alpha value is -2.11. The molecular weight excluding hydrogens is 220 g/mol. The van der Waals surface area contributed by atoms with E-state index >= 15 is 0 Å². The summed E-state index contributed by atoms with van der Waals surface area (Å²) < 4.78 is 0. The van der Waals surface area contributed by atoms with Gasteiger partial charge in [0.15, 0.2) is 5.82 Å². The molecule has 92 valence electrons. The van der Waals surface area contributed by atoms with E-state index in [0.717, 1.165) is 18.2 Å². The van der Waals surface area contributed by atoms with Crippen LogP contribution in [-0.2, 0) is 6.42 Å². The molecule has 1 N–H and O–H groups in total. The molecule has 0 radical (unpaired) electrons. The van der Waals surface area contributed by atoms with E-state index in [9.17, 15) is 10.1 Å². The fraction of sp³-hybridized carbons (Fsp3) is 0.364. The molecule has 6 nitrogen and oxygen atoms in total. The van der Waals surface area contributed by atoms with E-state index in [1.54, 1.807) is 24.3 Å². The van der Waals surface area contributed by atoms with E-state index in [1.165, 1.54) is 0 Å². The molecule has 0 amide bonds. The molecule has 17 heavy (non-hydrogen) atoms. The molecule has 0 unspecified atom stereocenters. The number of nitrogens with zero attached hydrogens (tertiary/aromatic N) is 3. The summed E-state index contributed by atoms with van der Waals surface area (Å²) >= 11 is 0. The zero-order valence-electron chi connectivity index (χ0n) is 9.96. The van der Waals surface area contributed by atoms with E-state index in [2.05, 4.69) is 10.3 Å². The normalized spacial score (nSPS) is 11.1. The fourth-order valence-electron chi connectivity index (χ4n) is 1.42. The molecule has 0 atom stereocenters. The molecule has 0 spiro atoms. The van der Waals surface area contributed by atoms with Gasteiger partial charge in [-0.2, -0.15) is 0 Å². The quantitative estimate of drug-likeness (QED) is 0.585. The second-order valence-electron chi connectivity index (χ2n) is 3.58. The van der Waals surface area contributed by atoms with Gasteiger partial charge in [-0.05, 0) is 18.1 Å². The van der Waals surface area contributed by atoms with Crippen molar-refractivity contribution in [1.29, 1.82) is 0 Å². The molecule has 0 bridgehead atoms. The summed E-state index contributed by atoms with van der Waals surface area (Å²) in [6.45, 7) is 0.687. The molecule has 0 aliphatic rings. The van der Waals surface area contributed by atoms with Gasteiger partial charge in [-0.15, -0.1) is 0 Å². The number of hydrogen-bond acceptors (Lipinski definition) is 5. The summed E-state index contributed by atoms with van der Waals surface area (Å²) in [6, 6.07) is 3.86. The first-order valence-corrected chi connectivity index (χ1v) is 5.26. The molecule has 0 aromatic carbocycles. The first kappa shape index (κ1) is 13.0. The number of rotatable bonds is 6. The Morgan fingerprint density at radius 1 is 1.71 bits per heavy atom. The largest absolute Gasteiger partial charge is 0.370 e. The maximum absolute atomic E-state index is 10.4. The Balaban J connectivity index is 2.54. The topological polar surface area (TPSA) is 71.3 Å². The average Bonchev–Trinajstić information content (AvgIpc) is 2.34. The minimum atomic E-state index is -0.466. The highest BCUT2D eigenvalue weighted by molar-refractivity contribution is 5.09. The van der Waals surface area contributed by atoms with E-state index in [-0.39, 0.29) is 0 Å². The molecule has 0 fully saturated rings. The Bertz CT molecular complexity index is 392. The van der Waals surface area contributed by atoms with Crippen LogP contribution in [0.4, 0.5) is 0 Å². The third kappa shape index (κ3) is 4.50. The Morgan fingerprint density at radius 3 is 3.00 bits per heavy atom. The number of hydrogen-bond donors (Lipinski definition) is 1. The number of nitro groups is 1. The minimum Gasteiger partial charge on any atom is -0.370 e. The van der Waals surface area contributed by atoms with E-state index in [1.807, 2.05) is 19.2 Å². The fourth-order valence-corrected chi connectivity index (χ4v) is 1.42. The summed E-state index contributed by atoms with van der Waals surface area (Å²) in [7, 11) is 3.47. The lowest BCUT2D eigenvalue weighted by atomic mass is 10.2. The molecule has 1 aromatic heterocycles. The van der Waals surface area contributed by atoms with Gasteiger partial charge in [0.2, 0.25) is 0 Å². The highest BCUT2D eigenvalue weighted by atomic mass is 16.6. The zero-order valence-corrected chi connectivity index (χ0v) is 9.96. The van der Waals surface area contributed by atoms with Crippen molar-refractivity contribution in [3.05, 3.63) is 52.2 Å². The van der Waals surface area contributed by atoms with Crippen molar-refractivity contribution in [2.75, 3.05) is 20.6 Å². The smallest absolute Gasteiger partial charge is 0.274 e. The Labute approximate surface area is 100 Å². The van der Waals surface area contributed by atoms with Crippen molar-refractivity contribution >= 4 is 0 Å². The Kier molecular flexibility index (Phi) is 4.93. The average molecular weight is 236 g/mol. The standard InChI is InChI=1S/C11H16N4O2/c1-12-11(9-15(16)17)14(2)7-5-10-4-3-6-13-8-10/h3-4,6,8-9,12H,5,7H2,1-2H3/b11-9+. The number of aromatic nitrogens is 1. The zero-order chi connectivity index (χ0) is 12.7. The first-order chi connectivity index (χ1) is 8.13. The van der Waals surface area contributed by atoms with Crippen LogP contribution in [0.15, 0.2) is 36.5 Å². The van der Waals surface area contributed by atoms with Crippen LogP contribution in [0.3, 0.4) is 0 Å². The summed E-state index contributed by atoms with van der Waals surface area (Å²) in [5, 5.41) is 13.2. The van der Waals surface area contributed by atoms with Gasteiger partial charge in [0, 0.05) is 33.0 Å². The van der Waals surface area contributed by atoms with E-state index in [4.69, 9.17) is 0 Å². The van der Waals surface area contributed by atoms with Crippen molar-refractivity contribution in [2.45, 2.75) is 6.42 Å². The van der Waals surface area contributed by atoms with Gasteiger partial charge in [-0.1, -0.05) is 6.07 Å². The van der Waals surface area contributed by atoms with Crippen molar-refractivity contribution < 1.29 is 4.92 Å². The molecule has 1 rings (SSSR count). The van der Waals surface area contributed by atoms with Crippen molar-refractivity contribution in [3.8, 4) is 0 Å². The van der Waals surface area contributed by atoms with Gasteiger partial charge < -0.3 is 10.2 Å². The second kappa shape index (κ2) is 6.47. The number of nitrogens with one attached hydrogen (secondary N) is 1. The van der Waals surface area contributed by atoms with Crippen LogP contribution < -0.4 is 5.32 Å². The van der Waals surface area contributed by atoms with Crippen LogP contribution in [-0.4, -0.2) is 35.4 Å². The Morgan fingerprint density at radius 2 is 2.47 bits per heavy atom. The van der Waals surface area contributed by atoms with Crippen LogP contribution in [0.5, 0.6) is 0 Å². The predicted molar refractivity (Wildman–Crippen MR) is 64.7 cm³/mol. The SMILES string of the molecule is CN/C(=C\[N+](=O)[O-])N(C)CCc1cccnc1. The van der Waals surface area contributed by atoms with Gasteiger partial charge in [-0.3, -0.25) is 15.1 Å². The minimum absolute atomic E-state index is 0.466. The third-order valence-corrected chi connectivity index (χ3v) is 2.35. The second-order valence-corrected chi connectivity index (χ2v) is 3.58. The molecule has 0 aliphatic heterocycles. The van der Waals surface area contributed by atoms with Gasteiger partial charge in [0.05, 0.1) is 4.92 Å². The van der Waals surface area contributed by atoms with Crippen LogP contribution in [0.2, 0.25) is 0 Å². The number of pyridine rings is 1. The lowest BCUT2D eigenvalue weighted by molar-refractivity contribution is -0.404. The molecule has 0 saturated heterocycles. The van der Waals surface area contributed by atoms with E-state index in [0.29, 0.717) is 12.4 Å². The molecule has 6 heteroatoms. The highest BCUT2D eigenvalue weighted by Gasteiger charge is 2.07. The van der Waals surface area contributed by atoms with Crippen molar-refractivity contribution in [2.24, 2.45) is 0 Å². The van der Waals surface area contributed by atoms with Gasteiger partial charge in [-0.25, -0.2) is 0 Å². The van der Waals surface area contributed by atoms with Gasteiger partial charge in [0.25, 0.3) is 6.20 Å². The van der Waals surface area contributed by atoms with Gasteiger partial charge >= 0.3 is 0 Å². The summed E-state index contributed by atoms with van der Waals surface area (Å²) in [5.74, 6) is 0.485. The molecule has 1 heterocycles. The summed E-state index contributed by atoms with van der Waals surface area (Å²) in [6.07, 6.45) is 5.27.